The first kappa shape index (κ1) is 13.7. The van der Waals surface area contributed by atoms with Crippen molar-refractivity contribution >= 4 is 26.0 Å². The highest BCUT2D eigenvalue weighted by molar-refractivity contribution is 9.09. The molecule has 5 nitrogen and oxygen atoms in total. The molecule has 0 aliphatic heterocycles. The minimum absolute atomic E-state index is 0.107. The number of hydrogen-bond donors (Lipinski definition) is 2. The molecule has 1 aromatic rings. The van der Waals surface area contributed by atoms with Gasteiger partial charge >= 0.3 is 0 Å². The molecule has 7 heteroatoms. The summed E-state index contributed by atoms with van der Waals surface area (Å²) in [6, 6.07) is 0. The Morgan fingerprint density at radius 1 is 1.56 bits per heavy atom. The van der Waals surface area contributed by atoms with Gasteiger partial charge in [0.2, 0.25) is 0 Å². The summed E-state index contributed by atoms with van der Waals surface area (Å²) < 4.78 is 26.2. The van der Waals surface area contributed by atoms with Gasteiger partial charge in [0.25, 0.3) is 10.0 Å². The summed E-state index contributed by atoms with van der Waals surface area (Å²) >= 11 is 3.34. The molecule has 92 valence electrons. The van der Waals surface area contributed by atoms with Crippen LogP contribution in [0.4, 0.5) is 0 Å². The lowest BCUT2D eigenvalue weighted by Gasteiger charge is -2.21. The number of halogens is 1. The monoisotopic (exact) mass is 309 g/mol. The first-order valence-corrected chi connectivity index (χ1v) is 7.44. The molecule has 0 unspecified atom stereocenters. The fourth-order valence-corrected chi connectivity index (χ4v) is 2.36. The first-order chi connectivity index (χ1) is 7.27. The molecule has 1 aromatic heterocycles. The Bertz CT molecular complexity index is 453. The van der Waals surface area contributed by atoms with Crippen LogP contribution in [0.15, 0.2) is 11.2 Å². The number of aryl methyl sites for hydroxylation is 1. The van der Waals surface area contributed by atoms with E-state index in [-0.39, 0.29) is 10.4 Å². The van der Waals surface area contributed by atoms with E-state index >= 15 is 0 Å². The number of rotatable bonds is 5. The van der Waals surface area contributed by atoms with E-state index in [9.17, 15) is 8.42 Å². The number of nitrogens with zero attached hydrogens (tertiary/aromatic N) is 1. The SMILES string of the molecule is Cc1ncc(S(=O)(=O)NCC(C)(C)CBr)[nH]1. The zero-order chi connectivity index (χ0) is 12.4. The van der Waals surface area contributed by atoms with Gasteiger partial charge in [-0.25, -0.2) is 18.1 Å². The van der Waals surface area contributed by atoms with Gasteiger partial charge in [-0.2, -0.15) is 0 Å². The topological polar surface area (TPSA) is 74.8 Å². The molecular weight excluding hydrogens is 294 g/mol. The Morgan fingerprint density at radius 2 is 2.19 bits per heavy atom. The number of nitrogens with one attached hydrogen (secondary N) is 2. The normalized spacial score (nSPS) is 13.0. The second-order valence-electron chi connectivity index (χ2n) is 4.46. The van der Waals surface area contributed by atoms with Gasteiger partial charge < -0.3 is 4.98 Å². The lowest BCUT2D eigenvalue weighted by atomic mass is 9.98. The molecule has 0 saturated heterocycles. The molecule has 0 radical (unpaired) electrons. The van der Waals surface area contributed by atoms with E-state index in [1.54, 1.807) is 6.92 Å². The number of alkyl halides is 1. The minimum atomic E-state index is -3.47. The molecule has 0 fully saturated rings. The number of imidazole rings is 1. The molecule has 0 amide bonds. The maximum Gasteiger partial charge on any atom is 0.257 e. The van der Waals surface area contributed by atoms with E-state index in [1.165, 1.54) is 6.20 Å². The van der Waals surface area contributed by atoms with Gasteiger partial charge in [0.1, 0.15) is 5.82 Å². The van der Waals surface area contributed by atoms with Crippen LogP contribution in [0.25, 0.3) is 0 Å². The quantitative estimate of drug-likeness (QED) is 0.808. The second kappa shape index (κ2) is 4.85. The lowest BCUT2D eigenvalue weighted by molar-refractivity contribution is 0.419. The maximum absolute atomic E-state index is 11.8. The van der Waals surface area contributed by atoms with Crippen molar-refractivity contribution in [3.63, 3.8) is 0 Å². The molecule has 0 spiro atoms. The predicted octanol–water partition coefficient (Wildman–Crippen LogP) is 1.42. The molecule has 0 aromatic carbocycles. The van der Waals surface area contributed by atoms with Crippen LogP contribution < -0.4 is 4.72 Å². The van der Waals surface area contributed by atoms with Gasteiger partial charge in [-0.05, 0) is 12.3 Å². The van der Waals surface area contributed by atoms with Gasteiger partial charge in [0, 0.05) is 11.9 Å². The molecular formula is C9H16BrN3O2S. The molecule has 0 aliphatic rings. The summed E-state index contributed by atoms with van der Waals surface area (Å²) in [7, 11) is -3.47. The van der Waals surface area contributed by atoms with E-state index < -0.39 is 10.0 Å². The molecule has 1 heterocycles. The van der Waals surface area contributed by atoms with E-state index in [1.807, 2.05) is 13.8 Å². The van der Waals surface area contributed by atoms with E-state index in [0.717, 1.165) is 5.33 Å². The fraction of sp³-hybridized carbons (Fsp3) is 0.667. The summed E-state index contributed by atoms with van der Waals surface area (Å²) in [5.41, 5.74) is -0.123. The highest BCUT2D eigenvalue weighted by Crippen LogP contribution is 2.17. The fourth-order valence-electron chi connectivity index (χ4n) is 0.950. The van der Waals surface area contributed by atoms with Gasteiger partial charge in [0.05, 0.1) is 6.20 Å². The van der Waals surface area contributed by atoms with Crippen molar-refractivity contribution in [3.8, 4) is 0 Å². The number of sulfonamides is 1. The predicted molar refractivity (Wildman–Crippen MR) is 66.1 cm³/mol. The van der Waals surface area contributed by atoms with E-state index in [4.69, 9.17) is 0 Å². The molecule has 16 heavy (non-hydrogen) atoms. The van der Waals surface area contributed by atoms with Crippen molar-refractivity contribution < 1.29 is 8.42 Å². The number of aromatic nitrogens is 2. The highest BCUT2D eigenvalue weighted by Gasteiger charge is 2.22. The third-order valence-corrected chi connectivity index (χ3v) is 4.90. The van der Waals surface area contributed by atoms with Crippen LogP contribution >= 0.6 is 15.9 Å². The van der Waals surface area contributed by atoms with Crippen LogP contribution in [0.1, 0.15) is 19.7 Å². The maximum atomic E-state index is 11.8. The van der Waals surface area contributed by atoms with Crippen molar-refractivity contribution in [1.29, 1.82) is 0 Å². The van der Waals surface area contributed by atoms with Crippen LogP contribution in [0.3, 0.4) is 0 Å². The van der Waals surface area contributed by atoms with Crippen LogP contribution in [-0.4, -0.2) is 30.3 Å². The largest absolute Gasteiger partial charge is 0.332 e. The van der Waals surface area contributed by atoms with Crippen molar-refractivity contribution in [2.24, 2.45) is 5.41 Å². The second-order valence-corrected chi connectivity index (χ2v) is 6.75. The Morgan fingerprint density at radius 3 is 2.62 bits per heavy atom. The standard InChI is InChI=1S/C9H16BrN3O2S/c1-7-11-4-8(13-7)16(14,15)12-6-9(2,3)5-10/h4,12H,5-6H2,1-3H3,(H,11,13). The summed E-state index contributed by atoms with van der Waals surface area (Å²) in [6.45, 7) is 6.03. The average Bonchev–Trinajstić information content (AvgIpc) is 2.63. The third-order valence-electron chi connectivity index (χ3n) is 2.07. The molecule has 1 rings (SSSR count). The summed E-state index contributed by atoms with van der Waals surface area (Å²) in [5.74, 6) is 0.583. The lowest BCUT2D eigenvalue weighted by Crippen LogP contribution is -2.35. The Hall–Kier alpha value is -0.400. The molecule has 0 bridgehead atoms. The first-order valence-electron chi connectivity index (χ1n) is 4.84. The van der Waals surface area contributed by atoms with Crippen molar-refractivity contribution in [1.82, 2.24) is 14.7 Å². The van der Waals surface area contributed by atoms with Crippen LogP contribution in [0.5, 0.6) is 0 Å². The molecule has 0 saturated carbocycles. The van der Waals surface area contributed by atoms with Gasteiger partial charge in [0.15, 0.2) is 5.03 Å². The molecule has 0 atom stereocenters. The van der Waals surface area contributed by atoms with Crippen molar-refractivity contribution in [3.05, 3.63) is 12.0 Å². The zero-order valence-electron chi connectivity index (χ0n) is 9.54. The highest BCUT2D eigenvalue weighted by atomic mass is 79.9. The van der Waals surface area contributed by atoms with Crippen LogP contribution in [0, 0.1) is 12.3 Å². The van der Waals surface area contributed by atoms with Gasteiger partial charge in [-0.1, -0.05) is 29.8 Å². The van der Waals surface area contributed by atoms with Gasteiger partial charge in [-0.15, -0.1) is 0 Å². The smallest absolute Gasteiger partial charge is 0.257 e. The molecule has 0 aliphatic carbocycles. The average molecular weight is 310 g/mol. The number of hydrogen-bond acceptors (Lipinski definition) is 3. The molecule has 2 N–H and O–H groups in total. The Labute approximate surface area is 104 Å². The van der Waals surface area contributed by atoms with Crippen LogP contribution in [0.2, 0.25) is 0 Å². The summed E-state index contributed by atoms with van der Waals surface area (Å²) in [5, 5.41) is 0.834. The number of aromatic amines is 1. The van der Waals surface area contributed by atoms with Gasteiger partial charge in [-0.3, -0.25) is 0 Å². The van der Waals surface area contributed by atoms with E-state index in [0.29, 0.717) is 12.4 Å². The summed E-state index contributed by atoms with van der Waals surface area (Å²) in [6.07, 6.45) is 1.32. The zero-order valence-corrected chi connectivity index (χ0v) is 11.9. The minimum Gasteiger partial charge on any atom is -0.332 e. The van der Waals surface area contributed by atoms with Crippen molar-refractivity contribution in [2.75, 3.05) is 11.9 Å². The van der Waals surface area contributed by atoms with Crippen LogP contribution in [-0.2, 0) is 10.0 Å². The summed E-state index contributed by atoms with van der Waals surface area (Å²) in [4.78, 5) is 6.56. The Kier molecular flexibility index (Phi) is 4.14. The van der Waals surface area contributed by atoms with Crippen molar-refractivity contribution in [2.45, 2.75) is 25.8 Å². The van der Waals surface area contributed by atoms with E-state index in [2.05, 4.69) is 30.6 Å². The third kappa shape index (κ3) is 3.57. The number of H-pyrrole nitrogens is 1. The Balaban J connectivity index is 2.74.